The molecular formula is C21H21N3OS2. The number of nitriles is 1. The van der Waals surface area contributed by atoms with E-state index < -0.39 is 0 Å². The molecule has 0 N–H and O–H groups in total. The van der Waals surface area contributed by atoms with Crippen LogP contribution in [0.5, 0.6) is 0 Å². The fourth-order valence-corrected chi connectivity index (χ4v) is 5.76. The van der Waals surface area contributed by atoms with Crippen LogP contribution in [0.25, 0.3) is 15.9 Å². The van der Waals surface area contributed by atoms with Crippen LogP contribution in [-0.4, -0.2) is 14.8 Å². The van der Waals surface area contributed by atoms with Crippen molar-refractivity contribution < 1.29 is 0 Å². The molecule has 0 radical (unpaired) electrons. The van der Waals surface area contributed by atoms with Crippen molar-refractivity contribution in [3.8, 4) is 11.8 Å². The molecule has 0 fully saturated rings. The Morgan fingerprint density at radius 3 is 2.81 bits per heavy atom. The van der Waals surface area contributed by atoms with E-state index >= 15 is 0 Å². The van der Waals surface area contributed by atoms with Gasteiger partial charge in [-0.15, -0.1) is 11.3 Å². The van der Waals surface area contributed by atoms with Gasteiger partial charge in [0.2, 0.25) is 0 Å². The van der Waals surface area contributed by atoms with Crippen molar-refractivity contribution in [3.63, 3.8) is 0 Å². The smallest absolute Gasteiger partial charge is 0.267 e. The minimum Gasteiger partial charge on any atom is -0.268 e. The van der Waals surface area contributed by atoms with E-state index in [1.165, 1.54) is 35.0 Å². The molecule has 0 aliphatic heterocycles. The number of thioether (sulfide) groups is 1. The van der Waals surface area contributed by atoms with Gasteiger partial charge in [0.05, 0.1) is 22.4 Å². The number of aryl methyl sites for hydroxylation is 3. The molecule has 0 saturated carbocycles. The van der Waals surface area contributed by atoms with Crippen molar-refractivity contribution in [2.75, 3.05) is 0 Å². The summed E-state index contributed by atoms with van der Waals surface area (Å²) in [5, 5.41) is 10.4. The Morgan fingerprint density at radius 1 is 1.26 bits per heavy atom. The first-order chi connectivity index (χ1) is 13.1. The molecule has 3 aromatic rings. The summed E-state index contributed by atoms with van der Waals surface area (Å²) in [4.78, 5) is 20.7. The fraction of sp³-hybridized carbons (Fsp3) is 0.381. The zero-order valence-electron chi connectivity index (χ0n) is 15.5. The highest BCUT2D eigenvalue weighted by atomic mass is 32.2. The van der Waals surface area contributed by atoms with Gasteiger partial charge >= 0.3 is 0 Å². The topological polar surface area (TPSA) is 58.7 Å². The maximum atomic E-state index is 13.7. The summed E-state index contributed by atoms with van der Waals surface area (Å²) in [6.45, 7) is 3.84. The summed E-state index contributed by atoms with van der Waals surface area (Å²) in [6, 6.07) is 10.1. The summed E-state index contributed by atoms with van der Waals surface area (Å²) >= 11 is 3.01. The van der Waals surface area contributed by atoms with Crippen molar-refractivity contribution in [2.24, 2.45) is 0 Å². The van der Waals surface area contributed by atoms with E-state index in [9.17, 15) is 10.1 Å². The molecule has 6 heteroatoms. The lowest BCUT2D eigenvalue weighted by Gasteiger charge is -2.15. The average Bonchev–Trinajstić information content (AvgIpc) is 2.84. The summed E-state index contributed by atoms with van der Waals surface area (Å²) in [7, 11) is 0. The van der Waals surface area contributed by atoms with Crippen LogP contribution in [0.15, 0.2) is 34.2 Å². The minimum atomic E-state index is -0.276. The second-order valence-corrected chi connectivity index (χ2v) is 9.35. The molecule has 1 aromatic carbocycles. The first kappa shape index (κ1) is 18.3. The van der Waals surface area contributed by atoms with Crippen LogP contribution in [0, 0.1) is 18.3 Å². The van der Waals surface area contributed by atoms with Gasteiger partial charge in [0, 0.05) is 4.88 Å². The lowest BCUT2D eigenvalue weighted by Crippen LogP contribution is -2.23. The van der Waals surface area contributed by atoms with Crippen molar-refractivity contribution in [1.29, 1.82) is 5.26 Å². The first-order valence-corrected chi connectivity index (χ1v) is 11.0. The summed E-state index contributed by atoms with van der Waals surface area (Å²) < 4.78 is 1.72. The van der Waals surface area contributed by atoms with E-state index in [1.54, 1.807) is 15.9 Å². The average molecular weight is 396 g/mol. The van der Waals surface area contributed by atoms with E-state index in [-0.39, 0.29) is 10.8 Å². The Kier molecular flexibility index (Phi) is 5.07. The molecule has 1 aliphatic rings. The quantitative estimate of drug-likeness (QED) is 0.355. The molecule has 0 spiro atoms. The normalized spacial score (nSPS) is 15.1. The van der Waals surface area contributed by atoms with Crippen LogP contribution in [-0.2, 0) is 12.8 Å². The number of hydrogen-bond acceptors (Lipinski definition) is 5. The van der Waals surface area contributed by atoms with E-state index in [0.29, 0.717) is 5.16 Å². The first-order valence-electron chi connectivity index (χ1n) is 9.29. The van der Waals surface area contributed by atoms with E-state index in [1.807, 2.05) is 38.1 Å². The molecule has 4 nitrogen and oxygen atoms in total. The van der Waals surface area contributed by atoms with Gasteiger partial charge in [-0.1, -0.05) is 36.4 Å². The molecule has 1 atom stereocenters. The number of aromatic nitrogens is 2. The molecule has 27 heavy (non-hydrogen) atoms. The number of para-hydroxylation sites is 1. The third-order valence-corrected chi connectivity index (χ3v) is 7.16. The molecule has 4 rings (SSSR count). The van der Waals surface area contributed by atoms with E-state index in [4.69, 9.17) is 4.98 Å². The molecule has 138 valence electrons. The standard InChI is InChI=1S/C21H21N3OS2/c1-13-8-6-7-10-16(13)24-20(25)18-15-9-4-3-5-11-17(15)27-19(18)23-21(24)26-14(2)12-22/h6-8,10,14H,3-5,9,11H2,1-2H3. The van der Waals surface area contributed by atoms with Gasteiger partial charge in [0.15, 0.2) is 5.16 Å². The molecule has 2 heterocycles. The number of thiophene rings is 1. The van der Waals surface area contributed by atoms with Crippen LogP contribution >= 0.6 is 23.1 Å². The zero-order chi connectivity index (χ0) is 19.0. The van der Waals surface area contributed by atoms with Gasteiger partial charge in [0.25, 0.3) is 5.56 Å². The van der Waals surface area contributed by atoms with E-state index in [2.05, 4.69) is 6.07 Å². The predicted octanol–water partition coefficient (Wildman–Crippen LogP) is 5.03. The fourth-order valence-electron chi connectivity index (χ4n) is 3.65. The molecule has 1 unspecified atom stereocenters. The Bertz CT molecular complexity index is 1110. The Morgan fingerprint density at radius 2 is 2.04 bits per heavy atom. The second kappa shape index (κ2) is 7.49. The van der Waals surface area contributed by atoms with Crippen LogP contribution in [0.2, 0.25) is 0 Å². The highest BCUT2D eigenvalue weighted by molar-refractivity contribution is 8.00. The molecule has 0 saturated heterocycles. The van der Waals surface area contributed by atoms with Crippen molar-refractivity contribution in [1.82, 2.24) is 9.55 Å². The lowest BCUT2D eigenvalue weighted by atomic mass is 10.1. The van der Waals surface area contributed by atoms with Crippen molar-refractivity contribution in [2.45, 2.75) is 56.4 Å². The maximum Gasteiger partial charge on any atom is 0.267 e. The number of benzene rings is 1. The van der Waals surface area contributed by atoms with Gasteiger partial charge in [0.1, 0.15) is 4.83 Å². The summed E-state index contributed by atoms with van der Waals surface area (Å²) in [5.41, 5.74) is 3.07. The Balaban J connectivity index is 2.03. The predicted molar refractivity (Wildman–Crippen MR) is 112 cm³/mol. The molecular weight excluding hydrogens is 374 g/mol. The van der Waals surface area contributed by atoms with Crippen molar-refractivity contribution in [3.05, 3.63) is 50.6 Å². The van der Waals surface area contributed by atoms with Crippen LogP contribution in [0.4, 0.5) is 0 Å². The third kappa shape index (κ3) is 3.30. The highest BCUT2D eigenvalue weighted by Gasteiger charge is 2.23. The Hall–Kier alpha value is -2.10. The van der Waals surface area contributed by atoms with Gasteiger partial charge in [-0.2, -0.15) is 5.26 Å². The molecule has 0 amide bonds. The molecule has 1 aliphatic carbocycles. The monoisotopic (exact) mass is 395 g/mol. The molecule has 0 bridgehead atoms. The third-order valence-electron chi connectivity index (χ3n) is 5.03. The SMILES string of the molecule is Cc1ccccc1-n1c(SC(C)C#N)nc2sc3c(c2c1=O)CCCCC3. The van der Waals surface area contributed by atoms with Crippen LogP contribution < -0.4 is 5.56 Å². The van der Waals surface area contributed by atoms with E-state index in [0.717, 1.165) is 40.7 Å². The van der Waals surface area contributed by atoms with Gasteiger partial charge in [-0.25, -0.2) is 4.98 Å². The lowest BCUT2D eigenvalue weighted by molar-refractivity contribution is 0.713. The second-order valence-electron chi connectivity index (χ2n) is 6.96. The van der Waals surface area contributed by atoms with Crippen LogP contribution in [0.3, 0.4) is 0 Å². The summed E-state index contributed by atoms with van der Waals surface area (Å²) in [6.07, 6.45) is 5.53. The Labute approximate surface area is 166 Å². The highest BCUT2D eigenvalue weighted by Crippen LogP contribution is 2.35. The van der Waals surface area contributed by atoms with Gasteiger partial charge in [-0.3, -0.25) is 9.36 Å². The number of nitrogens with zero attached hydrogens (tertiary/aromatic N) is 3. The summed E-state index contributed by atoms with van der Waals surface area (Å²) in [5.74, 6) is 0. The number of hydrogen-bond donors (Lipinski definition) is 0. The maximum absolute atomic E-state index is 13.7. The zero-order valence-corrected chi connectivity index (χ0v) is 17.1. The van der Waals surface area contributed by atoms with Gasteiger partial charge < -0.3 is 0 Å². The minimum absolute atomic E-state index is 0.00124. The number of fused-ring (bicyclic) bond motifs is 3. The number of rotatable bonds is 3. The van der Waals surface area contributed by atoms with Gasteiger partial charge in [-0.05, 0) is 56.7 Å². The van der Waals surface area contributed by atoms with Crippen LogP contribution in [0.1, 0.15) is 42.2 Å². The largest absolute Gasteiger partial charge is 0.268 e. The molecule has 2 aromatic heterocycles. The van der Waals surface area contributed by atoms with Crippen molar-refractivity contribution >= 4 is 33.3 Å².